The predicted octanol–water partition coefficient (Wildman–Crippen LogP) is 5.21. The van der Waals surface area contributed by atoms with Gasteiger partial charge in [0.2, 0.25) is 5.43 Å². The molecule has 0 saturated carbocycles. The Bertz CT molecular complexity index is 1160. The average Bonchev–Trinajstić information content (AvgIpc) is 2.87. The van der Waals surface area contributed by atoms with Crippen LogP contribution in [0.2, 0.25) is 0 Å². The number of methoxy groups -OCH3 is 2. The zero-order valence-corrected chi connectivity index (χ0v) is 19.7. The molecule has 2 aliphatic rings. The predicted molar refractivity (Wildman–Crippen MR) is 130 cm³/mol. The van der Waals surface area contributed by atoms with E-state index < -0.39 is 0 Å². The molecule has 2 aliphatic heterocycles. The van der Waals surface area contributed by atoms with Crippen molar-refractivity contribution in [3.63, 3.8) is 0 Å². The first-order chi connectivity index (χ1) is 16.2. The van der Waals surface area contributed by atoms with Gasteiger partial charge >= 0.3 is 0 Å². The number of likely N-dealkylation sites (tertiary alicyclic amines) is 2. The number of piperidine rings is 2. The Morgan fingerprint density at radius 2 is 1.36 bits per heavy atom. The van der Waals surface area contributed by atoms with Gasteiger partial charge < -0.3 is 13.9 Å². The van der Waals surface area contributed by atoms with Crippen molar-refractivity contribution in [1.82, 2.24) is 9.80 Å². The molecule has 0 bridgehead atoms. The molecule has 2 atom stereocenters. The smallest absolute Gasteiger partial charge is 0.200 e. The highest BCUT2D eigenvalue weighted by molar-refractivity contribution is 5.91. The molecule has 2 aromatic carbocycles. The zero-order chi connectivity index (χ0) is 22.8. The van der Waals surface area contributed by atoms with Gasteiger partial charge in [0.15, 0.2) is 0 Å². The van der Waals surface area contributed by atoms with Crippen molar-refractivity contribution in [3.8, 4) is 0 Å². The maximum absolute atomic E-state index is 13.4. The largest absolute Gasteiger partial charge is 0.455 e. The van der Waals surface area contributed by atoms with Gasteiger partial charge in [-0.05, 0) is 43.9 Å². The van der Waals surface area contributed by atoms with Crippen molar-refractivity contribution >= 4 is 21.9 Å². The first-order valence-corrected chi connectivity index (χ1v) is 12.2. The van der Waals surface area contributed by atoms with Crippen LogP contribution in [0.25, 0.3) is 21.9 Å². The number of ether oxygens (including phenoxy) is 2. The summed E-state index contributed by atoms with van der Waals surface area (Å²) in [6, 6.07) is 11.5. The standard InChI is InChI=1S/C27H34N2O4/c1-31-26(28-15-7-3-8-16-28)20-13-14-21-24(30)19-11-5-6-12-22(19)33-25(21)23(20)27(32-2)29-17-9-4-10-18-29/h5-6,11-14,26-27H,3-4,7-10,15-18H2,1-2H3. The normalized spacial score (nSPS) is 20.3. The van der Waals surface area contributed by atoms with Gasteiger partial charge in [-0.1, -0.05) is 31.0 Å². The zero-order valence-electron chi connectivity index (χ0n) is 19.7. The lowest BCUT2D eigenvalue weighted by atomic mass is 9.96. The molecule has 176 valence electrons. The van der Waals surface area contributed by atoms with Crippen molar-refractivity contribution in [2.45, 2.75) is 51.0 Å². The van der Waals surface area contributed by atoms with E-state index in [-0.39, 0.29) is 17.9 Å². The minimum atomic E-state index is -0.296. The minimum absolute atomic E-state index is 0.0000802. The van der Waals surface area contributed by atoms with E-state index in [0.29, 0.717) is 21.9 Å². The first kappa shape index (κ1) is 22.5. The van der Waals surface area contributed by atoms with E-state index in [0.717, 1.165) is 50.1 Å². The number of benzene rings is 2. The number of hydrogen-bond donors (Lipinski definition) is 0. The van der Waals surface area contributed by atoms with E-state index in [1.54, 1.807) is 14.2 Å². The Morgan fingerprint density at radius 1 is 0.758 bits per heavy atom. The maximum Gasteiger partial charge on any atom is 0.200 e. The number of nitrogens with zero attached hydrogens (tertiary/aromatic N) is 2. The van der Waals surface area contributed by atoms with E-state index in [9.17, 15) is 4.79 Å². The van der Waals surface area contributed by atoms with Gasteiger partial charge in [-0.3, -0.25) is 14.6 Å². The Labute approximate surface area is 195 Å². The molecule has 3 heterocycles. The van der Waals surface area contributed by atoms with Crippen LogP contribution in [0.4, 0.5) is 0 Å². The van der Waals surface area contributed by atoms with Crippen LogP contribution in [0.15, 0.2) is 45.6 Å². The Morgan fingerprint density at radius 3 is 2.00 bits per heavy atom. The van der Waals surface area contributed by atoms with Crippen molar-refractivity contribution < 1.29 is 13.9 Å². The third kappa shape index (κ3) is 4.21. The molecule has 0 radical (unpaired) electrons. The fraction of sp³-hybridized carbons (Fsp3) is 0.519. The van der Waals surface area contributed by atoms with Gasteiger partial charge in [-0.15, -0.1) is 0 Å². The molecule has 1 aromatic heterocycles. The summed E-state index contributed by atoms with van der Waals surface area (Å²) in [6.45, 7) is 3.93. The van der Waals surface area contributed by atoms with Crippen molar-refractivity contribution in [2.75, 3.05) is 40.4 Å². The molecule has 2 fully saturated rings. The van der Waals surface area contributed by atoms with Crippen LogP contribution < -0.4 is 5.43 Å². The molecule has 33 heavy (non-hydrogen) atoms. The highest BCUT2D eigenvalue weighted by atomic mass is 16.5. The molecule has 6 nitrogen and oxygen atoms in total. The van der Waals surface area contributed by atoms with E-state index in [1.807, 2.05) is 30.3 Å². The third-order valence-corrected chi connectivity index (χ3v) is 7.22. The SMILES string of the molecule is COC(c1ccc2c(=O)c3ccccc3oc2c1C(OC)N1CCCCC1)N1CCCCC1. The summed E-state index contributed by atoms with van der Waals surface area (Å²) < 4.78 is 18.7. The lowest BCUT2D eigenvalue weighted by Gasteiger charge is -2.38. The van der Waals surface area contributed by atoms with Crippen molar-refractivity contribution in [3.05, 3.63) is 57.7 Å². The summed E-state index contributed by atoms with van der Waals surface area (Å²) in [5.41, 5.74) is 3.18. The molecule has 5 rings (SSSR count). The molecule has 6 heteroatoms. The van der Waals surface area contributed by atoms with E-state index >= 15 is 0 Å². The summed E-state index contributed by atoms with van der Waals surface area (Å²) in [7, 11) is 3.52. The van der Waals surface area contributed by atoms with Gasteiger partial charge in [-0.25, -0.2) is 0 Å². The monoisotopic (exact) mass is 450 g/mol. The maximum atomic E-state index is 13.4. The molecular weight excluding hydrogens is 416 g/mol. The van der Waals surface area contributed by atoms with Gasteiger partial charge in [0.1, 0.15) is 23.6 Å². The summed E-state index contributed by atoms with van der Waals surface area (Å²) in [4.78, 5) is 18.2. The lowest BCUT2D eigenvalue weighted by molar-refractivity contribution is -0.0602. The van der Waals surface area contributed by atoms with Crippen LogP contribution in [0.3, 0.4) is 0 Å². The van der Waals surface area contributed by atoms with Gasteiger partial charge in [0, 0.05) is 51.5 Å². The van der Waals surface area contributed by atoms with E-state index in [1.165, 1.54) is 25.7 Å². The fourth-order valence-electron chi connectivity index (χ4n) is 5.60. The molecular formula is C27H34N2O4. The molecule has 0 amide bonds. The molecule has 2 unspecified atom stereocenters. The van der Waals surface area contributed by atoms with Crippen LogP contribution in [-0.4, -0.2) is 50.2 Å². The highest BCUT2D eigenvalue weighted by Crippen LogP contribution is 2.39. The number of para-hydroxylation sites is 1. The summed E-state index contributed by atoms with van der Waals surface area (Å²) in [6.07, 6.45) is 6.63. The van der Waals surface area contributed by atoms with Crippen molar-refractivity contribution in [1.29, 1.82) is 0 Å². The molecule has 3 aromatic rings. The Balaban J connectivity index is 1.75. The fourth-order valence-corrected chi connectivity index (χ4v) is 5.60. The van der Waals surface area contributed by atoms with E-state index in [4.69, 9.17) is 13.9 Å². The molecule has 0 spiro atoms. The van der Waals surface area contributed by atoms with Crippen LogP contribution in [0.5, 0.6) is 0 Å². The van der Waals surface area contributed by atoms with Crippen LogP contribution in [-0.2, 0) is 9.47 Å². The van der Waals surface area contributed by atoms with Crippen molar-refractivity contribution in [2.24, 2.45) is 0 Å². The second-order valence-corrected chi connectivity index (χ2v) is 9.24. The number of fused-ring (bicyclic) bond motifs is 2. The van der Waals surface area contributed by atoms with Gasteiger partial charge in [0.25, 0.3) is 0 Å². The summed E-state index contributed by atoms with van der Waals surface area (Å²) in [5, 5.41) is 1.20. The highest BCUT2D eigenvalue weighted by Gasteiger charge is 2.33. The third-order valence-electron chi connectivity index (χ3n) is 7.22. The van der Waals surface area contributed by atoms with Crippen LogP contribution in [0, 0.1) is 0 Å². The Kier molecular flexibility index (Phi) is 6.79. The van der Waals surface area contributed by atoms with Gasteiger partial charge in [0.05, 0.1) is 10.8 Å². The number of hydrogen-bond acceptors (Lipinski definition) is 6. The Hall–Kier alpha value is -2.25. The molecule has 0 N–H and O–H groups in total. The number of rotatable bonds is 6. The minimum Gasteiger partial charge on any atom is -0.455 e. The lowest BCUT2D eigenvalue weighted by Crippen LogP contribution is -2.38. The second-order valence-electron chi connectivity index (χ2n) is 9.24. The quantitative estimate of drug-likeness (QED) is 0.481. The second kappa shape index (κ2) is 9.94. The van der Waals surface area contributed by atoms with Gasteiger partial charge in [-0.2, -0.15) is 0 Å². The van der Waals surface area contributed by atoms with E-state index in [2.05, 4.69) is 15.9 Å². The average molecular weight is 451 g/mol. The van der Waals surface area contributed by atoms with Crippen LogP contribution >= 0.6 is 0 Å². The summed E-state index contributed by atoms with van der Waals surface area (Å²) >= 11 is 0. The molecule has 2 saturated heterocycles. The van der Waals surface area contributed by atoms with Crippen LogP contribution in [0.1, 0.15) is 62.1 Å². The first-order valence-electron chi connectivity index (χ1n) is 12.2. The topological polar surface area (TPSA) is 55.2 Å². The molecule has 0 aliphatic carbocycles. The summed E-state index contributed by atoms with van der Waals surface area (Å²) in [5.74, 6) is 0.